The van der Waals surface area contributed by atoms with Crippen molar-refractivity contribution in [3.05, 3.63) is 29.6 Å². The minimum absolute atomic E-state index is 0.277. The third kappa shape index (κ3) is 5.77. The lowest BCUT2D eigenvalue weighted by Gasteiger charge is -2.32. The van der Waals surface area contributed by atoms with Crippen LogP contribution in [0, 0.1) is 11.7 Å². The maximum Gasteiger partial charge on any atom is 0.497 e. The van der Waals surface area contributed by atoms with E-state index in [2.05, 4.69) is 37.7 Å². The highest BCUT2D eigenvalue weighted by molar-refractivity contribution is 6.62. The monoisotopic (exact) mass is 378 g/mol. The Morgan fingerprint density at radius 2 is 1.63 bits per heavy atom. The summed E-state index contributed by atoms with van der Waals surface area (Å²) >= 11 is 0. The van der Waals surface area contributed by atoms with Crippen molar-refractivity contribution >= 4 is 12.6 Å². The Morgan fingerprint density at radius 3 is 2.15 bits per heavy atom. The smallest absolute Gasteiger partial charge is 0.399 e. The fourth-order valence-electron chi connectivity index (χ4n) is 3.19. The molecule has 1 aromatic rings. The number of benzene rings is 1. The van der Waals surface area contributed by atoms with Crippen molar-refractivity contribution in [3.8, 4) is 0 Å². The molecule has 0 radical (unpaired) electrons. The van der Waals surface area contributed by atoms with E-state index >= 15 is 0 Å². The van der Waals surface area contributed by atoms with Crippen LogP contribution in [0.1, 0.15) is 47.1 Å². The molecule has 152 valence electrons. The molecule has 0 atom stereocenters. The van der Waals surface area contributed by atoms with Crippen LogP contribution in [-0.2, 0) is 15.9 Å². The fourth-order valence-corrected chi connectivity index (χ4v) is 3.19. The minimum atomic E-state index is -0.671. The van der Waals surface area contributed by atoms with Gasteiger partial charge in [-0.25, -0.2) is 4.39 Å². The summed E-state index contributed by atoms with van der Waals surface area (Å²) in [7, 11) is 3.50. The van der Waals surface area contributed by atoms with E-state index in [1.807, 2.05) is 39.8 Å². The summed E-state index contributed by atoms with van der Waals surface area (Å²) in [5.74, 6) is 0.302. The minimum Gasteiger partial charge on any atom is -0.399 e. The van der Waals surface area contributed by atoms with Crippen molar-refractivity contribution in [3.63, 3.8) is 0 Å². The van der Waals surface area contributed by atoms with Crippen LogP contribution in [0.3, 0.4) is 0 Å². The van der Waals surface area contributed by atoms with Crippen molar-refractivity contribution in [2.75, 3.05) is 33.7 Å². The Morgan fingerprint density at radius 1 is 1.04 bits per heavy atom. The van der Waals surface area contributed by atoms with Gasteiger partial charge in [-0.15, -0.1) is 0 Å². The molecule has 1 aliphatic heterocycles. The number of likely N-dealkylation sites (N-methyl/N-ethyl adjacent to an activating group) is 1. The molecule has 0 N–H and O–H groups in total. The summed E-state index contributed by atoms with van der Waals surface area (Å²) in [5, 5.41) is 0. The molecule has 1 aromatic carbocycles. The van der Waals surface area contributed by atoms with Gasteiger partial charge in [0.05, 0.1) is 11.2 Å². The van der Waals surface area contributed by atoms with Gasteiger partial charge in [0.15, 0.2) is 0 Å². The molecule has 27 heavy (non-hydrogen) atoms. The average molecular weight is 378 g/mol. The SMILES string of the molecule is CC(C)CN(CCN(C)C)Cc1ccc(F)c(B2OC(C)(C)C(C)(C)O2)c1. The maximum absolute atomic E-state index is 14.5. The van der Waals surface area contributed by atoms with Crippen LogP contribution >= 0.6 is 0 Å². The highest BCUT2D eigenvalue weighted by atomic mass is 19.1. The molecule has 0 saturated carbocycles. The summed E-state index contributed by atoms with van der Waals surface area (Å²) in [6.45, 7) is 16.2. The zero-order chi connectivity index (χ0) is 20.4. The lowest BCUT2D eigenvalue weighted by molar-refractivity contribution is 0.00578. The zero-order valence-corrected chi connectivity index (χ0v) is 18.3. The number of nitrogens with zero attached hydrogens (tertiary/aromatic N) is 2. The predicted octanol–water partition coefficient (Wildman–Crippen LogP) is 3.14. The first-order valence-corrected chi connectivity index (χ1v) is 9.92. The van der Waals surface area contributed by atoms with Gasteiger partial charge in [0.2, 0.25) is 0 Å². The molecule has 1 aliphatic rings. The van der Waals surface area contributed by atoms with E-state index in [0.29, 0.717) is 11.4 Å². The van der Waals surface area contributed by atoms with Crippen LogP contribution in [-0.4, -0.2) is 61.8 Å². The molecule has 0 aliphatic carbocycles. The molecule has 0 spiro atoms. The second-order valence-electron chi connectivity index (χ2n) is 9.38. The van der Waals surface area contributed by atoms with Gasteiger partial charge in [0.1, 0.15) is 5.82 Å². The Hall–Kier alpha value is -0.945. The first-order chi connectivity index (χ1) is 12.4. The molecular weight excluding hydrogens is 342 g/mol. The fraction of sp³-hybridized carbons (Fsp3) is 0.714. The van der Waals surface area contributed by atoms with Gasteiger partial charge in [-0.1, -0.05) is 26.0 Å². The predicted molar refractivity (Wildman–Crippen MR) is 111 cm³/mol. The van der Waals surface area contributed by atoms with E-state index in [4.69, 9.17) is 9.31 Å². The Labute approximate surface area is 165 Å². The van der Waals surface area contributed by atoms with Crippen LogP contribution in [0.4, 0.5) is 4.39 Å². The van der Waals surface area contributed by atoms with E-state index in [1.165, 1.54) is 6.07 Å². The van der Waals surface area contributed by atoms with Gasteiger partial charge in [-0.2, -0.15) is 0 Å². The lowest BCUT2D eigenvalue weighted by atomic mass is 9.78. The molecule has 2 rings (SSSR count). The molecule has 0 amide bonds. The van der Waals surface area contributed by atoms with Crippen LogP contribution in [0.15, 0.2) is 18.2 Å². The molecule has 1 fully saturated rings. The van der Waals surface area contributed by atoms with E-state index in [1.54, 1.807) is 0 Å². The van der Waals surface area contributed by atoms with Gasteiger partial charge in [-0.05, 0) is 59.3 Å². The van der Waals surface area contributed by atoms with Crippen LogP contribution in [0.2, 0.25) is 0 Å². The summed E-state index contributed by atoms with van der Waals surface area (Å²) in [5.41, 5.74) is 0.620. The number of rotatable bonds is 8. The quantitative estimate of drug-likeness (QED) is 0.649. The standard InChI is InChI=1S/C21H36BFN2O2/c1-16(2)14-25(12-11-24(7)8)15-17-9-10-19(23)18(13-17)22-26-20(3,4)21(5,6)27-22/h9-10,13,16H,11-12,14-15H2,1-8H3. The van der Waals surface area contributed by atoms with Crippen LogP contribution in [0.25, 0.3) is 0 Å². The molecule has 1 saturated heterocycles. The largest absolute Gasteiger partial charge is 0.497 e. The summed E-state index contributed by atoms with van der Waals surface area (Å²) < 4.78 is 26.7. The van der Waals surface area contributed by atoms with E-state index in [-0.39, 0.29) is 5.82 Å². The van der Waals surface area contributed by atoms with E-state index in [9.17, 15) is 4.39 Å². The van der Waals surface area contributed by atoms with Crippen molar-refractivity contribution in [1.29, 1.82) is 0 Å². The van der Waals surface area contributed by atoms with Gasteiger partial charge >= 0.3 is 7.12 Å². The molecular formula is C21H36BFN2O2. The molecule has 1 heterocycles. The molecule has 0 bridgehead atoms. The van der Waals surface area contributed by atoms with Crippen molar-refractivity contribution in [2.24, 2.45) is 5.92 Å². The topological polar surface area (TPSA) is 24.9 Å². The lowest BCUT2D eigenvalue weighted by Crippen LogP contribution is -2.41. The summed E-state index contributed by atoms with van der Waals surface area (Å²) in [6, 6.07) is 5.31. The molecule has 6 heteroatoms. The highest BCUT2D eigenvalue weighted by Gasteiger charge is 2.52. The number of halogens is 1. The summed E-state index contributed by atoms with van der Waals surface area (Å²) in [4.78, 5) is 4.61. The van der Waals surface area contributed by atoms with Gasteiger partial charge in [0.25, 0.3) is 0 Å². The van der Waals surface area contributed by atoms with Gasteiger partial charge in [-0.3, -0.25) is 4.90 Å². The zero-order valence-electron chi connectivity index (χ0n) is 18.3. The average Bonchev–Trinajstić information content (AvgIpc) is 2.74. The normalized spacial score (nSPS) is 18.9. The van der Waals surface area contributed by atoms with Gasteiger partial charge in [0, 0.05) is 31.6 Å². The third-order valence-electron chi connectivity index (χ3n) is 5.46. The Balaban J connectivity index is 2.18. The third-order valence-corrected chi connectivity index (χ3v) is 5.46. The molecule has 4 nitrogen and oxygen atoms in total. The maximum atomic E-state index is 14.5. The second kappa shape index (κ2) is 8.60. The first-order valence-electron chi connectivity index (χ1n) is 9.92. The van der Waals surface area contributed by atoms with Gasteiger partial charge < -0.3 is 14.2 Å². The van der Waals surface area contributed by atoms with Crippen LogP contribution in [0.5, 0.6) is 0 Å². The molecule has 0 unspecified atom stereocenters. The van der Waals surface area contributed by atoms with Crippen molar-refractivity contribution in [2.45, 2.75) is 59.3 Å². The Bertz CT molecular complexity index is 619. The van der Waals surface area contributed by atoms with Crippen LogP contribution < -0.4 is 5.46 Å². The van der Waals surface area contributed by atoms with E-state index in [0.717, 1.165) is 31.7 Å². The highest BCUT2D eigenvalue weighted by Crippen LogP contribution is 2.36. The van der Waals surface area contributed by atoms with E-state index < -0.39 is 18.3 Å². The number of hydrogen-bond acceptors (Lipinski definition) is 4. The second-order valence-corrected chi connectivity index (χ2v) is 9.38. The first kappa shape index (κ1) is 22.3. The van der Waals surface area contributed by atoms with Crippen molar-refractivity contribution < 1.29 is 13.7 Å². The Kier molecular flexibility index (Phi) is 7.12. The number of hydrogen-bond donors (Lipinski definition) is 0. The van der Waals surface area contributed by atoms with Crippen molar-refractivity contribution in [1.82, 2.24) is 9.80 Å². The molecule has 0 aromatic heterocycles. The summed E-state index contributed by atoms with van der Waals surface area (Å²) in [6.07, 6.45) is 0.